The maximum Gasteiger partial charge on any atom is 0.119 e. The summed E-state index contributed by atoms with van der Waals surface area (Å²) < 4.78 is 5.54. The molecule has 0 aliphatic carbocycles. The number of hydrogen-bond acceptors (Lipinski definition) is 3. The van der Waals surface area contributed by atoms with Gasteiger partial charge in [-0.25, -0.2) is 0 Å². The maximum absolute atomic E-state index is 8.93. The maximum atomic E-state index is 8.93. The predicted molar refractivity (Wildman–Crippen MR) is 60.9 cm³/mol. The van der Waals surface area contributed by atoms with Crippen LogP contribution in [0.2, 0.25) is 0 Å². The van der Waals surface area contributed by atoms with Gasteiger partial charge < -0.3 is 15.6 Å². The molecule has 1 aromatic rings. The van der Waals surface area contributed by atoms with Crippen LogP contribution in [0.15, 0.2) is 24.3 Å². The minimum atomic E-state index is -0.320. The van der Waals surface area contributed by atoms with Gasteiger partial charge in [-0.1, -0.05) is 25.5 Å². The Morgan fingerprint density at radius 2 is 2.27 bits per heavy atom. The summed E-state index contributed by atoms with van der Waals surface area (Å²) in [6.07, 6.45) is 2.17. The standard InChI is InChI=1S/C12H19NO2/c1-2-3-7-15-11-6-4-5-10(8-11)12(13)9-14/h4-6,8,12,14H,2-3,7,9,13H2,1H3/t12-/m0/s1. The van der Waals surface area contributed by atoms with Crippen LogP contribution >= 0.6 is 0 Å². The molecule has 3 nitrogen and oxygen atoms in total. The summed E-state index contributed by atoms with van der Waals surface area (Å²) >= 11 is 0. The number of unbranched alkanes of at least 4 members (excludes halogenated alkanes) is 1. The van der Waals surface area contributed by atoms with E-state index in [1.165, 1.54) is 0 Å². The molecular weight excluding hydrogens is 190 g/mol. The third-order valence-electron chi connectivity index (χ3n) is 2.25. The Balaban J connectivity index is 2.57. The van der Waals surface area contributed by atoms with Gasteiger partial charge in [0.1, 0.15) is 5.75 Å². The molecule has 0 bridgehead atoms. The van der Waals surface area contributed by atoms with Crippen molar-refractivity contribution in [1.82, 2.24) is 0 Å². The summed E-state index contributed by atoms with van der Waals surface area (Å²) in [5.41, 5.74) is 6.62. The lowest BCUT2D eigenvalue weighted by molar-refractivity contribution is 0.267. The first-order chi connectivity index (χ1) is 7.27. The van der Waals surface area contributed by atoms with Crippen LogP contribution in [-0.4, -0.2) is 18.3 Å². The number of benzene rings is 1. The van der Waals surface area contributed by atoms with E-state index in [9.17, 15) is 0 Å². The van der Waals surface area contributed by atoms with Crippen molar-refractivity contribution in [2.24, 2.45) is 5.73 Å². The Kier molecular flexibility index (Phi) is 5.15. The van der Waals surface area contributed by atoms with Gasteiger partial charge in [-0.2, -0.15) is 0 Å². The summed E-state index contributed by atoms with van der Waals surface area (Å²) in [6.45, 7) is 2.81. The molecule has 0 radical (unpaired) electrons. The van der Waals surface area contributed by atoms with Gasteiger partial charge in [0, 0.05) is 0 Å². The molecule has 0 spiro atoms. The van der Waals surface area contributed by atoms with Crippen LogP contribution in [0.5, 0.6) is 5.75 Å². The lowest BCUT2D eigenvalue weighted by atomic mass is 10.1. The van der Waals surface area contributed by atoms with E-state index >= 15 is 0 Å². The normalized spacial score (nSPS) is 12.5. The molecule has 0 aromatic heterocycles. The molecule has 3 N–H and O–H groups in total. The zero-order chi connectivity index (χ0) is 11.1. The van der Waals surface area contributed by atoms with Gasteiger partial charge in [0.15, 0.2) is 0 Å². The number of ether oxygens (including phenoxy) is 1. The van der Waals surface area contributed by atoms with Crippen molar-refractivity contribution in [3.63, 3.8) is 0 Å². The second-order valence-electron chi connectivity index (χ2n) is 3.56. The van der Waals surface area contributed by atoms with E-state index in [-0.39, 0.29) is 12.6 Å². The Morgan fingerprint density at radius 1 is 1.47 bits per heavy atom. The molecule has 84 valence electrons. The molecular formula is C12H19NO2. The minimum absolute atomic E-state index is 0.0432. The molecule has 0 fully saturated rings. The van der Waals surface area contributed by atoms with Gasteiger partial charge in [0.05, 0.1) is 19.3 Å². The van der Waals surface area contributed by atoms with Gasteiger partial charge >= 0.3 is 0 Å². The molecule has 0 aliphatic rings. The second-order valence-corrected chi connectivity index (χ2v) is 3.56. The molecule has 0 aliphatic heterocycles. The summed E-state index contributed by atoms with van der Waals surface area (Å²) in [6, 6.07) is 7.26. The monoisotopic (exact) mass is 209 g/mol. The molecule has 1 aromatic carbocycles. The average molecular weight is 209 g/mol. The van der Waals surface area contributed by atoms with Crippen LogP contribution in [0.4, 0.5) is 0 Å². The Bertz CT molecular complexity index is 289. The summed E-state index contributed by atoms with van der Waals surface area (Å²) in [4.78, 5) is 0. The van der Waals surface area contributed by atoms with E-state index in [0.717, 1.165) is 30.8 Å². The van der Waals surface area contributed by atoms with Crippen LogP contribution in [-0.2, 0) is 0 Å². The highest BCUT2D eigenvalue weighted by molar-refractivity contribution is 5.30. The largest absolute Gasteiger partial charge is 0.494 e. The van der Waals surface area contributed by atoms with Crippen molar-refractivity contribution in [3.05, 3.63) is 29.8 Å². The molecule has 0 amide bonds. The van der Waals surface area contributed by atoms with E-state index in [2.05, 4.69) is 6.92 Å². The molecule has 0 saturated heterocycles. The van der Waals surface area contributed by atoms with E-state index in [0.29, 0.717) is 0 Å². The van der Waals surface area contributed by atoms with E-state index < -0.39 is 0 Å². The van der Waals surface area contributed by atoms with Crippen molar-refractivity contribution < 1.29 is 9.84 Å². The third kappa shape index (κ3) is 3.90. The molecule has 1 atom stereocenters. The topological polar surface area (TPSA) is 55.5 Å². The Labute approximate surface area is 90.9 Å². The molecule has 0 saturated carbocycles. The lowest BCUT2D eigenvalue weighted by Gasteiger charge is -2.11. The molecule has 0 heterocycles. The molecule has 1 rings (SSSR count). The SMILES string of the molecule is CCCCOc1cccc([C@@H](N)CO)c1. The summed E-state index contributed by atoms with van der Waals surface area (Å²) in [7, 11) is 0. The van der Waals surface area contributed by atoms with Gasteiger partial charge in [0.2, 0.25) is 0 Å². The first kappa shape index (κ1) is 12.0. The summed E-state index contributed by atoms with van der Waals surface area (Å²) in [5, 5.41) is 8.93. The zero-order valence-electron chi connectivity index (χ0n) is 9.15. The zero-order valence-corrected chi connectivity index (χ0v) is 9.15. The fourth-order valence-corrected chi connectivity index (χ4v) is 1.27. The van der Waals surface area contributed by atoms with Crippen molar-refractivity contribution in [2.75, 3.05) is 13.2 Å². The number of hydrogen-bond donors (Lipinski definition) is 2. The Hall–Kier alpha value is -1.06. The number of nitrogens with two attached hydrogens (primary N) is 1. The Morgan fingerprint density at radius 3 is 2.93 bits per heavy atom. The van der Waals surface area contributed by atoms with Crippen molar-refractivity contribution >= 4 is 0 Å². The fraction of sp³-hybridized carbons (Fsp3) is 0.500. The molecule has 15 heavy (non-hydrogen) atoms. The summed E-state index contributed by atoms with van der Waals surface area (Å²) in [5.74, 6) is 0.824. The first-order valence-corrected chi connectivity index (χ1v) is 5.37. The van der Waals surface area contributed by atoms with E-state index in [4.69, 9.17) is 15.6 Å². The fourth-order valence-electron chi connectivity index (χ4n) is 1.27. The molecule has 3 heteroatoms. The van der Waals surface area contributed by atoms with Crippen molar-refractivity contribution in [2.45, 2.75) is 25.8 Å². The smallest absolute Gasteiger partial charge is 0.119 e. The van der Waals surface area contributed by atoms with Gasteiger partial charge in [-0.3, -0.25) is 0 Å². The quantitative estimate of drug-likeness (QED) is 0.703. The van der Waals surface area contributed by atoms with E-state index in [1.54, 1.807) is 0 Å². The third-order valence-corrected chi connectivity index (χ3v) is 2.25. The number of rotatable bonds is 6. The van der Waals surface area contributed by atoms with Gasteiger partial charge in [-0.15, -0.1) is 0 Å². The minimum Gasteiger partial charge on any atom is -0.494 e. The van der Waals surface area contributed by atoms with Crippen LogP contribution in [0, 0.1) is 0 Å². The van der Waals surface area contributed by atoms with Crippen LogP contribution in [0.3, 0.4) is 0 Å². The average Bonchev–Trinajstić information content (AvgIpc) is 2.29. The second kappa shape index (κ2) is 6.43. The molecule has 0 unspecified atom stereocenters. The van der Waals surface area contributed by atoms with Crippen molar-refractivity contribution in [1.29, 1.82) is 0 Å². The van der Waals surface area contributed by atoms with Crippen LogP contribution in [0.1, 0.15) is 31.4 Å². The van der Waals surface area contributed by atoms with E-state index in [1.807, 2.05) is 24.3 Å². The highest BCUT2D eigenvalue weighted by atomic mass is 16.5. The number of aliphatic hydroxyl groups excluding tert-OH is 1. The lowest BCUT2D eigenvalue weighted by Crippen LogP contribution is -2.14. The first-order valence-electron chi connectivity index (χ1n) is 5.37. The van der Waals surface area contributed by atoms with Crippen LogP contribution < -0.4 is 10.5 Å². The van der Waals surface area contributed by atoms with Gasteiger partial charge in [-0.05, 0) is 24.1 Å². The highest BCUT2D eigenvalue weighted by Gasteiger charge is 2.04. The predicted octanol–water partition coefficient (Wildman–Crippen LogP) is 1.86. The van der Waals surface area contributed by atoms with Crippen LogP contribution in [0.25, 0.3) is 0 Å². The van der Waals surface area contributed by atoms with Crippen molar-refractivity contribution in [3.8, 4) is 5.75 Å². The highest BCUT2D eigenvalue weighted by Crippen LogP contribution is 2.17. The number of aliphatic hydroxyl groups is 1. The van der Waals surface area contributed by atoms with Gasteiger partial charge in [0.25, 0.3) is 0 Å².